The number of rotatable bonds is 9. The summed E-state index contributed by atoms with van der Waals surface area (Å²) in [5.41, 5.74) is 5.47. The second-order valence-electron chi connectivity index (χ2n) is 12.9. The molecule has 3 aliphatic rings. The van der Waals surface area contributed by atoms with E-state index in [9.17, 15) is 9.59 Å². The van der Waals surface area contributed by atoms with E-state index >= 15 is 0 Å². The van der Waals surface area contributed by atoms with Gasteiger partial charge in [-0.1, -0.05) is 12.1 Å². The number of carbonyl (C=O) groups is 2. The lowest BCUT2D eigenvalue weighted by Gasteiger charge is -2.36. The third-order valence-electron chi connectivity index (χ3n) is 9.78. The van der Waals surface area contributed by atoms with Gasteiger partial charge in [-0.25, -0.2) is 9.78 Å². The summed E-state index contributed by atoms with van der Waals surface area (Å²) < 4.78 is 12.9. The highest BCUT2D eigenvalue weighted by atomic mass is 16.6. The largest absolute Gasteiger partial charge is 0.481 e. The smallest absolute Gasteiger partial charge is 0.407 e. The van der Waals surface area contributed by atoms with Crippen LogP contribution in [0.1, 0.15) is 87.3 Å². The highest BCUT2D eigenvalue weighted by Gasteiger charge is 2.34. The number of alkyl carbamates (subject to hydrolysis) is 1. The van der Waals surface area contributed by atoms with Crippen molar-refractivity contribution in [3.63, 3.8) is 0 Å². The maximum Gasteiger partial charge on any atom is 0.407 e. The van der Waals surface area contributed by atoms with Gasteiger partial charge in [-0.15, -0.1) is 0 Å². The second-order valence-corrected chi connectivity index (χ2v) is 12.9. The van der Waals surface area contributed by atoms with E-state index in [0.717, 1.165) is 60.9 Å². The van der Waals surface area contributed by atoms with Crippen LogP contribution in [0.2, 0.25) is 0 Å². The molecule has 2 amide bonds. The highest BCUT2D eigenvalue weighted by Crippen LogP contribution is 2.39. The van der Waals surface area contributed by atoms with Gasteiger partial charge in [0.2, 0.25) is 11.8 Å². The Kier molecular flexibility index (Phi) is 9.19. The minimum atomic E-state index is -0.403. The van der Waals surface area contributed by atoms with Gasteiger partial charge in [0.25, 0.3) is 0 Å². The Balaban J connectivity index is 1.17. The van der Waals surface area contributed by atoms with Crippen LogP contribution >= 0.6 is 0 Å². The summed E-state index contributed by atoms with van der Waals surface area (Å²) in [6, 6.07) is 11.1. The first-order chi connectivity index (χ1) is 21.4. The number of carbonyl (C=O) groups excluding carboxylic acids is 2. The molecule has 3 saturated carbocycles. The molecule has 3 aliphatic carbocycles. The number of hydrogen-bond acceptors (Lipinski definition) is 6. The lowest BCUT2D eigenvalue weighted by Crippen LogP contribution is -2.42. The Hall–Kier alpha value is -3.88. The Morgan fingerprint density at radius 1 is 0.977 bits per heavy atom. The number of methoxy groups -OCH3 is 1. The van der Waals surface area contributed by atoms with E-state index in [4.69, 9.17) is 9.47 Å². The van der Waals surface area contributed by atoms with Crippen LogP contribution in [0.5, 0.6) is 5.88 Å². The normalized spacial score (nSPS) is 23.5. The molecule has 9 heteroatoms. The molecule has 0 radical (unpaired) electrons. The standard InChI is InChI=1S/C35H45N5O4/c1-23-17-28(19-37-33(23)43-3)25-9-7-24(8-10-25)21-39(34(41)26-11-15-32(16-12-26)44-35(42)36-2)31-6-4-5-27(18-31)29-20-38-40(22-29)30-13-14-30/h4-6,17-20,22,24-26,30,32H,7-16,21H2,1-3H3,(H,36,42). The van der Waals surface area contributed by atoms with E-state index in [1.165, 1.54) is 18.4 Å². The number of benzene rings is 1. The van der Waals surface area contributed by atoms with Crippen molar-refractivity contribution in [3.8, 4) is 17.0 Å². The van der Waals surface area contributed by atoms with Crippen molar-refractivity contribution < 1.29 is 19.1 Å². The zero-order valence-corrected chi connectivity index (χ0v) is 26.2. The maximum atomic E-state index is 14.3. The molecule has 3 fully saturated rings. The predicted molar refractivity (Wildman–Crippen MR) is 170 cm³/mol. The van der Waals surface area contributed by atoms with E-state index < -0.39 is 6.09 Å². The summed E-state index contributed by atoms with van der Waals surface area (Å²) in [5, 5.41) is 7.13. The van der Waals surface area contributed by atoms with E-state index in [1.54, 1.807) is 14.2 Å². The van der Waals surface area contributed by atoms with Gasteiger partial charge in [-0.3, -0.25) is 9.48 Å². The number of nitrogens with zero attached hydrogens (tertiary/aromatic N) is 4. The number of hydrogen-bond donors (Lipinski definition) is 1. The van der Waals surface area contributed by atoms with Crippen molar-refractivity contribution in [2.45, 2.75) is 89.2 Å². The van der Waals surface area contributed by atoms with Crippen molar-refractivity contribution >= 4 is 17.7 Å². The highest BCUT2D eigenvalue weighted by molar-refractivity contribution is 5.95. The molecule has 234 valence electrons. The van der Waals surface area contributed by atoms with Gasteiger partial charge in [-0.05, 0) is 112 Å². The van der Waals surface area contributed by atoms with Gasteiger partial charge in [0.15, 0.2) is 0 Å². The van der Waals surface area contributed by atoms with Crippen molar-refractivity contribution in [1.82, 2.24) is 20.1 Å². The van der Waals surface area contributed by atoms with Crippen LogP contribution in [0.4, 0.5) is 10.5 Å². The first-order valence-electron chi connectivity index (χ1n) is 16.3. The molecule has 0 bridgehead atoms. The number of nitrogens with one attached hydrogen (secondary N) is 1. The summed E-state index contributed by atoms with van der Waals surface area (Å²) in [6.07, 6.45) is 15.1. The molecule has 2 aromatic heterocycles. The lowest BCUT2D eigenvalue weighted by molar-refractivity contribution is -0.124. The second kappa shape index (κ2) is 13.4. The molecule has 0 atom stereocenters. The molecule has 0 aliphatic heterocycles. The first-order valence-corrected chi connectivity index (χ1v) is 16.3. The van der Waals surface area contributed by atoms with Crippen LogP contribution in [0.15, 0.2) is 48.9 Å². The summed E-state index contributed by atoms with van der Waals surface area (Å²) in [6.45, 7) is 2.76. The number of aromatic nitrogens is 3. The summed E-state index contributed by atoms with van der Waals surface area (Å²) in [7, 11) is 3.23. The number of pyridine rings is 1. The zero-order valence-electron chi connectivity index (χ0n) is 26.2. The topological polar surface area (TPSA) is 98.6 Å². The molecule has 1 N–H and O–H groups in total. The van der Waals surface area contributed by atoms with E-state index in [2.05, 4.69) is 61.5 Å². The maximum absolute atomic E-state index is 14.3. The van der Waals surface area contributed by atoms with Crippen LogP contribution in [-0.4, -0.2) is 53.6 Å². The van der Waals surface area contributed by atoms with Crippen LogP contribution in [0.25, 0.3) is 11.1 Å². The number of anilines is 1. The third kappa shape index (κ3) is 6.92. The molecule has 0 saturated heterocycles. The van der Waals surface area contributed by atoms with E-state index in [-0.39, 0.29) is 17.9 Å². The third-order valence-corrected chi connectivity index (χ3v) is 9.78. The Morgan fingerprint density at radius 2 is 1.75 bits per heavy atom. The quantitative estimate of drug-likeness (QED) is 0.290. The molecule has 9 nitrogen and oxygen atoms in total. The lowest BCUT2D eigenvalue weighted by atomic mass is 9.78. The molecule has 0 spiro atoms. The summed E-state index contributed by atoms with van der Waals surface area (Å²) >= 11 is 0. The number of amides is 2. The zero-order chi connectivity index (χ0) is 30.6. The van der Waals surface area contributed by atoms with Gasteiger partial charge in [0, 0.05) is 48.7 Å². The van der Waals surface area contributed by atoms with Gasteiger partial charge in [-0.2, -0.15) is 5.10 Å². The first kappa shape index (κ1) is 30.2. The minimum Gasteiger partial charge on any atom is -0.481 e. The molecule has 0 unspecified atom stereocenters. The van der Waals surface area contributed by atoms with Crippen molar-refractivity contribution in [2.75, 3.05) is 25.6 Å². The monoisotopic (exact) mass is 599 g/mol. The SMILES string of the molecule is CNC(=O)OC1CCC(C(=O)N(CC2CCC(c3cnc(OC)c(C)c3)CC2)c2cccc(-c3cnn(C4CC4)c3)c2)CC1. The molecular weight excluding hydrogens is 554 g/mol. The molecule has 3 aromatic rings. The Labute approximate surface area is 260 Å². The van der Waals surface area contributed by atoms with Crippen molar-refractivity contribution in [2.24, 2.45) is 11.8 Å². The van der Waals surface area contributed by atoms with Gasteiger partial charge in [0.05, 0.1) is 19.3 Å². The van der Waals surface area contributed by atoms with Crippen LogP contribution < -0.4 is 15.0 Å². The van der Waals surface area contributed by atoms with Gasteiger partial charge in [0.1, 0.15) is 6.10 Å². The van der Waals surface area contributed by atoms with E-state index in [1.807, 2.05) is 19.3 Å². The van der Waals surface area contributed by atoms with Crippen LogP contribution in [0, 0.1) is 18.8 Å². The average Bonchev–Trinajstić information content (AvgIpc) is 3.79. The fourth-order valence-corrected chi connectivity index (χ4v) is 7.02. The van der Waals surface area contributed by atoms with E-state index in [0.29, 0.717) is 43.1 Å². The summed E-state index contributed by atoms with van der Waals surface area (Å²) in [5.74, 6) is 1.70. The average molecular weight is 600 g/mol. The predicted octanol–water partition coefficient (Wildman–Crippen LogP) is 6.82. The Bertz CT molecular complexity index is 1450. The molecule has 2 heterocycles. The minimum absolute atomic E-state index is 0.0782. The number of ether oxygens (including phenoxy) is 2. The molecule has 1 aromatic carbocycles. The Morgan fingerprint density at radius 3 is 2.43 bits per heavy atom. The number of aryl methyl sites for hydroxylation is 1. The van der Waals surface area contributed by atoms with Gasteiger partial charge >= 0.3 is 6.09 Å². The van der Waals surface area contributed by atoms with Crippen molar-refractivity contribution in [3.05, 3.63) is 60.0 Å². The van der Waals surface area contributed by atoms with Gasteiger partial charge < -0.3 is 19.7 Å². The van der Waals surface area contributed by atoms with Crippen LogP contribution in [-0.2, 0) is 9.53 Å². The molecular formula is C35H45N5O4. The fourth-order valence-electron chi connectivity index (χ4n) is 7.02. The van der Waals surface area contributed by atoms with Crippen molar-refractivity contribution in [1.29, 1.82) is 0 Å². The molecule has 6 rings (SSSR count). The molecule has 44 heavy (non-hydrogen) atoms. The summed E-state index contributed by atoms with van der Waals surface area (Å²) in [4.78, 5) is 32.6. The van der Waals surface area contributed by atoms with Crippen LogP contribution in [0.3, 0.4) is 0 Å². The fraction of sp³-hybridized carbons (Fsp3) is 0.543.